The van der Waals surface area contributed by atoms with Crippen LogP contribution in [0.5, 0.6) is 0 Å². The third kappa shape index (κ3) is 2.08. The summed E-state index contributed by atoms with van der Waals surface area (Å²) in [5.74, 6) is 0. The van der Waals surface area contributed by atoms with Gasteiger partial charge in [-0.1, -0.05) is 0 Å². The average molecular weight is 73.9 g/mol. The van der Waals surface area contributed by atoms with Gasteiger partial charge in [0.2, 0.25) is 0 Å². The van der Waals surface area contributed by atoms with Crippen LogP contribution < -0.4 is 0 Å². The molecule has 0 atom stereocenters. The van der Waals surface area contributed by atoms with E-state index < -0.39 is 0 Å². The third-order valence-electron chi connectivity index (χ3n) is 0.0962. The Morgan fingerprint density at radius 3 is 2.25 bits per heavy atom. The molecule has 0 rings (SSSR count). The molecule has 0 spiro atoms. The van der Waals surface area contributed by atoms with Gasteiger partial charge >= 0.3 is 28.3 Å². The summed E-state index contributed by atoms with van der Waals surface area (Å²) in [6.07, 6.45) is 1.49. The van der Waals surface area contributed by atoms with Gasteiger partial charge in [-0.25, -0.2) is 0 Å². The number of hydrogen-bond acceptors (Lipinski definition) is 1. The van der Waals surface area contributed by atoms with E-state index in [4.69, 9.17) is 4.21 Å². The summed E-state index contributed by atoms with van der Waals surface area (Å²) in [6, 6.07) is 0. The Morgan fingerprint density at radius 1 is 2.00 bits per heavy atom. The van der Waals surface area contributed by atoms with Crippen molar-refractivity contribution in [3.8, 4) is 0 Å². The Hall–Kier alpha value is 0.0849. The van der Waals surface area contributed by atoms with Crippen molar-refractivity contribution in [3.05, 3.63) is 0 Å². The van der Waals surface area contributed by atoms with Gasteiger partial charge in [0.25, 0.3) is 0 Å². The molecule has 0 radical (unpaired) electrons. The molecule has 0 N–H and O–H groups in total. The van der Waals surface area contributed by atoms with E-state index >= 15 is 0 Å². The molecule has 0 aliphatic heterocycles. The van der Waals surface area contributed by atoms with E-state index in [1.54, 1.807) is 6.82 Å². The topological polar surface area (TPSA) is 17.1 Å². The molecule has 1 nitrogen and oxygen atoms in total. The zero-order valence-corrected chi connectivity index (χ0v) is 3.21. The molecular weight excluding hydrogens is 70.9 g/mol. The van der Waals surface area contributed by atoms with Crippen molar-refractivity contribution in [2.75, 3.05) is 0 Å². The summed E-state index contributed by atoms with van der Waals surface area (Å²) in [6.45, 7) is 1.71. The summed E-state index contributed by atoms with van der Waals surface area (Å²) < 4.78 is 9.16. The van der Waals surface area contributed by atoms with E-state index in [9.17, 15) is 0 Å². The molecule has 0 unspecified atom stereocenters. The fourth-order valence-corrected chi connectivity index (χ4v) is 0. The first-order valence-corrected chi connectivity index (χ1v) is 1.78. The van der Waals surface area contributed by atoms with Gasteiger partial charge in [0.15, 0.2) is 0 Å². The first-order chi connectivity index (χ1) is 1.91. The van der Waals surface area contributed by atoms with Crippen LogP contribution in [-0.4, -0.2) is 10.4 Å². The molecule has 0 aromatic rings. The van der Waals surface area contributed by atoms with E-state index in [2.05, 4.69) is 0 Å². The van der Waals surface area contributed by atoms with Crippen LogP contribution in [0.2, 0.25) is 6.82 Å². The molecule has 3 heteroatoms. The van der Waals surface area contributed by atoms with Crippen LogP contribution in [0.4, 0.5) is 0 Å². The summed E-state index contributed by atoms with van der Waals surface area (Å²) in [5.41, 5.74) is 0. The van der Waals surface area contributed by atoms with Gasteiger partial charge in [-0.05, 0) is 0 Å². The van der Waals surface area contributed by atoms with Crippen LogP contribution in [0.15, 0.2) is 0 Å². The second-order valence-corrected chi connectivity index (χ2v) is 0.996. The van der Waals surface area contributed by atoms with E-state index in [1.807, 2.05) is 0 Å². The molecule has 0 aromatic heterocycles. The molecule has 0 bridgehead atoms. The molecule has 0 amide bonds. The summed E-state index contributed by atoms with van der Waals surface area (Å²) >= 11 is 0.481. The molecule has 0 fully saturated rings. The van der Waals surface area contributed by atoms with Gasteiger partial charge in [0.1, 0.15) is 0 Å². The predicted octanol–water partition coefficient (Wildman–Crippen LogP) is -0.133. The second-order valence-electron chi connectivity index (χ2n) is 0.332. The Kier molecular flexibility index (Phi) is 3.15. The van der Waals surface area contributed by atoms with Crippen LogP contribution >= 0.6 is 0 Å². The van der Waals surface area contributed by atoms with Gasteiger partial charge in [0, 0.05) is 0 Å². The van der Waals surface area contributed by atoms with Crippen molar-refractivity contribution in [1.82, 2.24) is 0 Å². The fraction of sp³-hybridized carbons (Fsp3) is 1.00. The van der Waals surface area contributed by atoms with Crippen LogP contribution in [0.1, 0.15) is 0 Å². The Balaban J connectivity index is 3.11. The average Bonchev–Trinajstić information content (AvgIpc) is 1.37. The minimum atomic E-state index is 0.481. The zero-order chi connectivity index (χ0) is 3.41. The van der Waals surface area contributed by atoms with E-state index in [0.29, 0.717) is 11.1 Å². The quantitative estimate of drug-likeness (QED) is 0.365. The fourth-order valence-electron chi connectivity index (χ4n) is 0. The first-order valence-electron chi connectivity index (χ1n) is 0.980. The summed E-state index contributed by atoms with van der Waals surface area (Å²) in [5, 5.41) is 0. The summed E-state index contributed by atoms with van der Waals surface area (Å²) in [4.78, 5) is 0. The first kappa shape index (κ1) is 4.08. The Bertz CT molecular complexity index is 46.0. The van der Waals surface area contributed by atoms with Crippen molar-refractivity contribution in [2.24, 2.45) is 0 Å². The van der Waals surface area contributed by atoms with Crippen molar-refractivity contribution in [2.45, 2.75) is 6.82 Å². The molecule has 0 aliphatic carbocycles. The van der Waals surface area contributed by atoms with Gasteiger partial charge in [-0.3, -0.25) is 0 Å². The number of rotatable bonds is 0. The van der Waals surface area contributed by atoms with Crippen molar-refractivity contribution < 1.29 is 4.21 Å². The van der Waals surface area contributed by atoms with E-state index in [0.717, 1.165) is 0 Å². The van der Waals surface area contributed by atoms with Crippen LogP contribution in [-0.2, 0) is 11.1 Å². The molecule has 0 aliphatic rings. The monoisotopic (exact) mass is 74.0 g/mol. The Labute approximate surface area is 29.2 Å². The third-order valence-corrected chi connectivity index (χ3v) is 0.289. The normalized spacial score (nSPS) is 4.25. The molecule has 0 heterocycles. The minimum absolute atomic E-state index is 0.481. The second kappa shape index (κ2) is 3.08. The van der Waals surface area contributed by atoms with Crippen molar-refractivity contribution in [3.63, 3.8) is 0 Å². The van der Waals surface area contributed by atoms with Crippen LogP contribution in [0.25, 0.3) is 0 Å². The number of hydrogen-bond donors (Lipinski definition) is 0. The maximum atomic E-state index is 9.16. The molecule has 0 saturated carbocycles. The van der Waals surface area contributed by atoms with Crippen molar-refractivity contribution >= 4 is 17.2 Å². The Morgan fingerprint density at radius 2 is 2.25 bits per heavy atom. The van der Waals surface area contributed by atoms with Crippen LogP contribution in [0, 0.1) is 0 Å². The molecule has 4 heavy (non-hydrogen) atoms. The van der Waals surface area contributed by atoms with Gasteiger partial charge < -0.3 is 0 Å². The van der Waals surface area contributed by atoms with Crippen molar-refractivity contribution in [1.29, 1.82) is 0 Å². The van der Waals surface area contributed by atoms with Gasteiger partial charge in [0.05, 0.1) is 0 Å². The van der Waals surface area contributed by atoms with Gasteiger partial charge in [-0.15, -0.1) is 0 Å². The SMILES string of the molecule is CB=S=O. The maximum absolute atomic E-state index is 9.16. The predicted molar refractivity (Wildman–Crippen MR) is 19.8 cm³/mol. The molecular formula is CH3BOS. The molecule has 0 aromatic carbocycles. The zero-order valence-electron chi connectivity index (χ0n) is 2.39. The van der Waals surface area contributed by atoms with Gasteiger partial charge in [-0.2, -0.15) is 0 Å². The standard InChI is InChI=1S/CH3BOS/c1-2-4-3/h1H3. The summed E-state index contributed by atoms with van der Waals surface area (Å²) in [7, 11) is 0. The molecule has 22 valence electrons. The van der Waals surface area contributed by atoms with Crippen LogP contribution in [0.3, 0.4) is 0 Å². The van der Waals surface area contributed by atoms with E-state index in [-0.39, 0.29) is 0 Å². The molecule has 0 saturated heterocycles. The van der Waals surface area contributed by atoms with E-state index in [1.165, 1.54) is 6.15 Å².